The van der Waals surface area contributed by atoms with Crippen molar-refractivity contribution in [1.29, 1.82) is 0 Å². The summed E-state index contributed by atoms with van der Waals surface area (Å²) in [5.41, 5.74) is 3.12. The molecule has 0 saturated carbocycles. The Morgan fingerprint density at radius 2 is 2.00 bits per heavy atom. The molecule has 0 radical (unpaired) electrons. The molecule has 0 bridgehead atoms. The molecule has 31 heavy (non-hydrogen) atoms. The molecule has 1 atom stereocenters. The third kappa shape index (κ3) is 3.96. The van der Waals surface area contributed by atoms with Crippen molar-refractivity contribution in [3.63, 3.8) is 0 Å². The van der Waals surface area contributed by atoms with Crippen LogP contribution in [-0.4, -0.2) is 44.1 Å². The monoisotopic (exact) mass is 415 g/mol. The summed E-state index contributed by atoms with van der Waals surface area (Å²) >= 11 is 0. The summed E-state index contributed by atoms with van der Waals surface area (Å²) in [6, 6.07) is 16.0. The minimum absolute atomic E-state index is 0.0913. The van der Waals surface area contributed by atoms with Crippen molar-refractivity contribution in [3.8, 4) is 11.5 Å². The molecule has 7 heteroatoms. The third-order valence-corrected chi connectivity index (χ3v) is 5.68. The zero-order chi connectivity index (χ0) is 21.2. The van der Waals surface area contributed by atoms with E-state index >= 15 is 0 Å². The molecule has 5 rings (SSSR count). The fraction of sp³-hybridized carbons (Fsp3) is 0.292. The van der Waals surface area contributed by atoms with Crippen molar-refractivity contribution in [2.45, 2.75) is 32.4 Å². The first-order valence-electron chi connectivity index (χ1n) is 10.6. The van der Waals surface area contributed by atoms with E-state index in [1.165, 1.54) is 5.56 Å². The van der Waals surface area contributed by atoms with Gasteiger partial charge in [0.2, 0.25) is 0 Å². The first-order valence-corrected chi connectivity index (χ1v) is 10.6. The molecule has 0 aliphatic carbocycles. The summed E-state index contributed by atoms with van der Waals surface area (Å²) in [6.45, 7) is 3.99. The van der Waals surface area contributed by atoms with Gasteiger partial charge in [0.25, 0.3) is 5.91 Å². The molecule has 1 aliphatic rings. The van der Waals surface area contributed by atoms with Crippen LogP contribution in [0.4, 0.5) is 0 Å². The fourth-order valence-electron chi connectivity index (χ4n) is 4.04. The number of hydrogen-bond acceptors (Lipinski definition) is 4. The van der Waals surface area contributed by atoms with Crippen LogP contribution in [0.15, 0.2) is 60.9 Å². The quantitative estimate of drug-likeness (QED) is 0.523. The topological polar surface area (TPSA) is 73.4 Å². The second-order valence-corrected chi connectivity index (χ2v) is 7.87. The highest BCUT2D eigenvalue weighted by Crippen LogP contribution is 2.23. The van der Waals surface area contributed by atoms with Gasteiger partial charge in [0.05, 0.1) is 11.6 Å². The average molecular weight is 415 g/mol. The Balaban J connectivity index is 1.45. The molecule has 1 unspecified atom stereocenters. The highest BCUT2D eigenvalue weighted by atomic mass is 16.5. The van der Waals surface area contributed by atoms with Crippen LogP contribution >= 0.6 is 0 Å². The number of carbonyl (C=O) groups is 1. The maximum absolute atomic E-state index is 12.9. The van der Waals surface area contributed by atoms with Crippen molar-refractivity contribution in [3.05, 3.63) is 78.0 Å². The Morgan fingerprint density at radius 3 is 2.81 bits per heavy atom. The number of aromatic nitrogens is 4. The molecule has 0 spiro atoms. The Kier molecular flexibility index (Phi) is 5.26. The predicted octanol–water partition coefficient (Wildman–Crippen LogP) is 3.46. The number of carbonyl (C=O) groups excluding carboxylic acids is 1. The van der Waals surface area contributed by atoms with Crippen LogP contribution < -0.4 is 5.32 Å². The van der Waals surface area contributed by atoms with E-state index in [1.54, 1.807) is 0 Å². The average Bonchev–Trinajstić information content (AvgIpc) is 3.52. The summed E-state index contributed by atoms with van der Waals surface area (Å²) in [4.78, 5) is 22.3. The van der Waals surface area contributed by atoms with E-state index in [-0.39, 0.29) is 12.0 Å². The molecule has 3 aromatic heterocycles. The van der Waals surface area contributed by atoms with Crippen LogP contribution in [0, 0.1) is 6.92 Å². The molecule has 7 nitrogen and oxygen atoms in total. The fourth-order valence-corrected chi connectivity index (χ4v) is 4.04. The van der Waals surface area contributed by atoms with E-state index in [0.29, 0.717) is 18.1 Å². The zero-order valence-corrected chi connectivity index (χ0v) is 17.5. The maximum Gasteiger partial charge on any atom is 0.272 e. The Hall–Kier alpha value is -3.45. The van der Waals surface area contributed by atoms with Crippen LogP contribution in [0.3, 0.4) is 0 Å². The molecule has 1 saturated heterocycles. The smallest absolute Gasteiger partial charge is 0.272 e. The summed E-state index contributed by atoms with van der Waals surface area (Å²) < 4.78 is 9.64. The number of imidazole rings is 2. The van der Waals surface area contributed by atoms with Crippen LogP contribution in [0.1, 0.15) is 34.7 Å². The highest BCUT2D eigenvalue weighted by Gasteiger charge is 2.22. The lowest BCUT2D eigenvalue weighted by atomic mass is 10.2. The molecule has 1 aliphatic heterocycles. The van der Waals surface area contributed by atoms with E-state index in [2.05, 4.69) is 22.0 Å². The van der Waals surface area contributed by atoms with Crippen LogP contribution in [0.25, 0.3) is 17.0 Å². The zero-order valence-electron chi connectivity index (χ0n) is 17.5. The number of pyridine rings is 1. The number of benzene rings is 1. The molecule has 1 aromatic carbocycles. The van der Waals surface area contributed by atoms with Gasteiger partial charge < -0.3 is 14.6 Å². The summed E-state index contributed by atoms with van der Waals surface area (Å²) in [5, 5.41) is 2.98. The number of hydrogen-bond donors (Lipinski definition) is 1. The number of amides is 1. The highest BCUT2D eigenvalue weighted by molar-refractivity contribution is 6.00. The van der Waals surface area contributed by atoms with Gasteiger partial charge in [0.1, 0.15) is 11.5 Å². The first kappa shape index (κ1) is 19.5. The van der Waals surface area contributed by atoms with Gasteiger partial charge in [-0.2, -0.15) is 0 Å². The van der Waals surface area contributed by atoms with Crippen molar-refractivity contribution in [2.24, 2.45) is 0 Å². The van der Waals surface area contributed by atoms with Gasteiger partial charge in [0, 0.05) is 32.1 Å². The van der Waals surface area contributed by atoms with Gasteiger partial charge in [0.15, 0.2) is 11.5 Å². The number of nitrogens with zero attached hydrogens (tertiary/aromatic N) is 4. The van der Waals surface area contributed by atoms with Gasteiger partial charge >= 0.3 is 0 Å². The maximum atomic E-state index is 12.9. The molecule has 1 N–H and O–H groups in total. The van der Waals surface area contributed by atoms with Crippen LogP contribution in [0.5, 0.6) is 0 Å². The lowest BCUT2D eigenvalue weighted by Gasteiger charge is -2.09. The van der Waals surface area contributed by atoms with E-state index < -0.39 is 0 Å². The molecular weight excluding hydrogens is 390 g/mol. The van der Waals surface area contributed by atoms with Gasteiger partial charge in [-0.15, -0.1) is 0 Å². The molecule has 1 fully saturated rings. The van der Waals surface area contributed by atoms with Crippen LogP contribution in [-0.2, 0) is 11.3 Å². The van der Waals surface area contributed by atoms with Crippen molar-refractivity contribution < 1.29 is 9.53 Å². The summed E-state index contributed by atoms with van der Waals surface area (Å²) in [7, 11) is 0. The number of ether oxygens (including phenoxy) is 1. The Morgan fingerprint density at radius 1 is 1.16 bits per heavy atom. The molecule has 158 valence electrons. The lowest BCUT2D eigenvalue weighted by Crippen LogP contribution is -2.32. The Labute approximate surface area is 180 Å². The minimum Gasteiger partial charge on any atom is -0.376 e. The molecule has 4 aromatic rings. The molecule has 1 amide bonds. The summed E-state index contributed by atoms with van der Waals surface area (Å²) in [5.74, 6) is 1.37. The van der Waals surface area contributed by atoms with Crippen molar-refractivity contribution >= 4 is 11.4 Å². The Bertz CT molecular complexity index is 1210. The van der Waals surface area contributed by atoms with Crippen molar-refractivity contribution in [2.75, 3.05) is 13.2 Å². The van der Waals surface area contributed by atoms with E-state index in [1.807, 2.05) is 60.1 Å². The van der Waals surface area contributed by atoms with Gasteiger partial charge in [-0.1, -0.05) is 36.4 Å². The predicted molar refractivity (Wildman–Crippen MR) is 118 cm³/mol. The number of aryl methyl sites for hydroxylation is 1. The lowest BCUT2D eigenvalue weighted by molar-refractivity contribution is 0.0855. The normalized spacial score (nSPS) is 16.1. The van der Waals surface area contributed by atoms with Gasteiger partial charge in [-0.3, -0.25) is 9.20 Å². The SMILES string of the molecule is Cc1nc(-c2nc(C(=O)NCC3CCCO3)c3ccccn23)cn1Cc1ccccc1. The number of nitrogens with one attached hydrogen (secondary N) is 1. The third-order valence-electron chi connectivity index (χ3n) is 5.68. The van der Waals surface area contributed by atoms with Crippen LogP contribution in [0.2, 0.25) is 0 Å². The first-order chi connectivity index (χ1) is 15.2. The van der Waals surface area contributed by atoms with E-state index in [9.17, 15) is 4.79 Å². The second kappa shape index (κ2) is 8.35. The van der Waals surface area contributed by atoms with E-state index in [4.69, 9.17) is 14.7 Å². The second-order valence-electron chi connectivity index (χ2n) is 7.87. The van der Waals surface area contributed by atoms with E-state index in [0.717, 1.165) is 43.0 Å². The van der Waals surface area contributed by atoms with Gasteiger partial charge in [-0.05, 0) is 37.5 Å². The summed E-state index contributed by atoms with van der Waals surface area (Å²) in [6.07, 6.45) is 6.03. The number of fused-ring (bicyclic) bond motifs is 1. The minimum atomic E-state index is -0.189. The largest absolute Gasteiger partial charge is 0.376 e. The standard InChI is InChI=1S/C24H25N5O2/c1-17-26-20(16-28(17)15-18-8-3-2-4-9-18)23-27-22(21-11-5-6-12-29(21)23)24(30)25-14-19-10-7-13-31-19/h2-6,8-9,11-12,16,19H,7,10,13-15H2,1H3,(H,25,30). The van der Waals surface area contributed by atoms with Crippen molar-refractivity contribution in [1.82, 2.24) is 24.3 Å². The van der Waals surface area contributed by atoms with Gasteiger partial charge in [-0.25, -0.2) is 9.97 Å². The molecule has 4 heterocycles. The number of rotatable bonds is 6. The molecular formula is C24H25N5O2.